The van der Waals surface area contributed by atoms with Crippen LogP contribution in [0.3, 0.4) is 0 Å². The Morgan fingerprint density at radius 2 is 1.55 bits per heavy atom. The van der Waals surface area contributed by atoms with E-state index in [0.717, 1.165) is 31.7 Å². The summed E-state index contributed by atoms with van der Waals surface area (Å²) < 4.78 is 5.62. The lowest BCUT2D eigenvalue weighted by atomic mass is 9.88. The van der Waals surface area contributed by atoms with Crippen LogP contribution in [0.1, 0.15) is 24.0 Å². The zero-order chi connectivity index (χ0) is 15.4. The second kappa shape index (κ2) is 6.80. The fourth-order valence-corrected chi connectivity index (χ4v) is 3.14. The molecule has 2 nitrogen and oxygen atoms in total. The average molecular weight is 293 g/mol. The fraction of sp³-hybridized carbons (Fsp3) is 0.300. The highest BCUT2D eigenvalue weighted by Crippen LogP contribution is 2.36. The first-order valence-electron chi connectivity index (χ1n) is 7.89. The molecular weight excluding hydrogens is 270 g/mol. The maximum absolute atomic E-state index is 5.62. The highest BCUT2D eigenvalue weighted by Gasteiger charge is 2.19. The van der Waals surface area contributed by atoms with Crippen molar-refractivity contribution in [3.05, 3.63) is 71.3 Å². The second-order valence-electron chi connectivity index (χ2n) is 5.85. The normalized spacial score (nSPS) is 15.6. The number of likely N-dealkylation sites (tertiary alicyclic amines) is 1. The zero-order valence-corrected chi connectivity index (χ0v) is 13.4. The molecular formula is C20H23NO. The first-order valence-corrected chi connectivity index (χ1v) is 7.89. The van der Waals surface area contributed by atoms with Gasteiger partial charge in [0, 0.05) is 18.7 Å². The molecule has 0 spiro atoms. The zero-order valence-electron chi connectivity index (χ0n) is 13.4. The van der Waals surface area contributed by atoms with Gasteiger partial charge in [0.1, 0.15) is 5.75 Å². The van der Waals surface area contributed by atoms with Gasteiger partial charge in [0.2, 0.25) is 0 Å². The fourth-order valence-electron chi connectivity index (χ4n) is 3.14. The Morgan fingerprint density at radius 1 is 0.909 bits per heavy atom. The number of benzene rings is 2. The molecule has 0 N–H and O–H groups in total. The molecule has 0 unspecified atom stereocenters. The highest BCUT2D eigenvalue weighted by atomic mass is 16.5. The summed E-state index contributed by atoms with van der Waals surface area (Å²) in [7, 11) is 3.95. The van der Waals surface area contributed by atoms with E-state index < -0.39 is 0 Å². The Bertz CT molecular complexity index is 650. The summed E-state index contributed by atoms with van der Waals surface area (Å²) in [5.74, 6) is 0.952. The minimum Gasteiger partial charge on any atom is -0.496 e. The molecule has 114 valence electrons. The van der Waals surface area contributed by atoms with E-state index in [4.69, 9.17) is 4.74 Å². The van der Waals surface area contributed by atoms with Gasteiger partial charge in [-0.25, -0.2) is 0 Å². The summed E-state index contributed by atoms with van der Waals surface area (Å²) in [5.41, 5.74) is 5.38. The van der Waals surface area contributed by atoms with Gasteiger partial charge in [-0.1, -0.05) is 54.1 Å². The standard InChI is InChI=1S/C20H23NO/c1-21-14-12-17(13-15-21)20(16-8-4-3-5-9-16)18-10-6-7-11-19(18)22-2/h3-11H,12-15H2,1-2H3. The molecule has 0 amide bonds. The lowest BCUT2D eigenvalue weighted by molar-refractivity contribution is 0.313. The topological polar surface area (TPSA) is 12.5 Å². The molecule has 2 heteroatoms. The van der Waals surface area contributed by atoms with Crippen molar-refractivity contribution in [2.75, 3.05) is 27.2 Å². The van der Waals surface area contributed by atoms with E-state index in [-0.39, 0.29) is 0 Å². The van der Waals surface area contributed by atoms with Gasteiger partial charge in [0.05, 0.1) is 7.11 Å². The third kappa shape index (κ3) is 3.07. The number of methoxy groups -OCH3 is 1. The van der Waals surface area contributed by atoms with E-state index in [1.54, 1.807) is 7.11 Å². The molecule has 0 aliphatic carbocycles. The van der Waals surface area contributed by atoms with Crippen molar-refractivity contribution in [2.24, 2.45) is 0 Å². The summed E-state index contributed by atoms with van der Waals surface area (Å²) in [5, 5.41) is 0. The van der Waals surface area contributed by atoms with Crippen LogP contribution in [0, 0.1) is 0 Å². The van der Waals surface area contributed by atoms with E-state index in [0.29, 0.717) is 0 Å². The molecule has 0 saturated carbocycles. The van der Waals surface area contributed by atoms with Crippen LogP contribution in [-0.4, -0.2) is 32.1 Å². The molecule has 1 fully saturated rings. The van der Waals surface area contributed by atoms with Crippen LogP contribution in [0.4, 0.5) is 0 Å². The SMILES string of the molecule is COc1ccccc1C(=C1CCN(C)CC1)c1ccccc1. The number of piperidine rings is 1. The number of nitrogens with zero attached hydrogens (tertiary/aromatic N) is 1. The first kappa shape index (κ1) is 14.9. The molecule has 2 aromatic rings. The first-order chi connectivity index (χ1) is 10.8. The molecule has 0 radical (unpaired) electrons. The van der Waals surface area contributed by atoms with Crippen LogP contribution in [0.2, 0.25) is 0 Å². The van der Waals surface area contributed by atoms with Crippen LogP contribution in [0.25, 0.3) is 5.57 Å². The summed E-state index contributed by atoms with van der Waals surface area (Å²) >= 11 is 0. The van der Waals surface area contributed by atoms with Crippen LogP contribution >= 0.6 is 0 Å². The largest absolute Gasteiger partial charge is 0.496 e. The van der Waals surface area contributed by atoms with Gasteiger partial charge in [-0.05, 0) is 37.1 Å². The summed E-state index contributed by atoms with van der Waals surface area (Å²) in [4.78, 5) is 2.40. The lowest BCUT2D eigenvalue weighted by Gasteiger charge is -2.27. The predicted molar refractivity (Wildman–Crippen MR) is 92.2 cm³/mol. The Kier molecular flexibility index (Phi) is 4.59. The number of rotatable bonds is 3. The van der Waals surface area contributed by atoms with E-state index in [2.05, 4.69) is 54.4 Å². The Balaban J connectivity index is 2.14. The van der Waals surface area contributed by atoms with Gasteiger partial charge in [-0.3, -0.25) is 0 Å². The van der Waals surface area contributed by atoms with Gasteiger partial charge in [0.15, 0.2) is 0 Å². The van der Waals surface area contributed by atoms with Crippen molar-refractivity contribution < 1.29 is 4.74 Å². The van der Waals surface area contributed by atoms with Crippen LogP contribution in [-0.2, 0) is 0 Å². The summed E-state index contributed by atoms with van der Waals surface area (Å²) in [6.07, 6.45) is 2.25. The summed E-state index contributed by atoms with van der Waals surface area (Å²) in [6, 6.07) is 19.0. The number of hydrogen-bond donors (Lipinski definition) is 0. The molecule has 3 rings (SSSR count). The van der Waals surface area contributed by atoms with Crippen molar-refractivity contribution in [1.29, 1.82) is 0 Å². The van der Waals surface area contributed by atoms with E-state index in [9.17, 15) is 0 Å². The lowest BCUT2D eigenvalue weighted by Crippen LogP contribution is -2.27. The highest BCUT2D eigenvalue weighted by molar-refractivity contribution is 5.85. The number of ether oxygens (including phenoxy) is 1. The molecule has 0 atom stereocenters. The van der Waals surface area contributed by atoms with Crippen molar-refractivity contribution >= 4 is 5.57 Å². The predicted octanol–water partition coefficient (Wildman–Crippen LogP) is 4.22. The number of hydrogen-bond acceptors (Lipinski definition) is 2. The Labute approximate surface area is 133 Å². The van der Waals surface area contributed by atoms with E-state index >= 15 is 0 Å². The van der Waals surface area contributed by atoms with Gasteiger partial charge >= 0.3 is 0 Å². The van der Waals surface area contributed by atoms with Crippen LogP contribution < -0.4 is 4.74 Å². The quantitative estimate of drug-likeness (QED) is 0.840. The van der Waals surface area contributed by atoms with Crippen molar-refractivity contribution in [1.82, 2.24) is 4.90 Å². The van der Waals surface area contributed by atoms with Crippen LogP contribution in [0.5, 0.6) is 5.75 Å². The monoisotopic (exact) mass is 293 g/mol. The maximum atomic E-state index is 5.62. The Hall–Kier alpha value is -2.06. The van der Waals surface area contributed by atoms with Crippen molar-refractivity contribution in [3.8, 4) is 5.75 Å². The van der Waals surface area contributed by atoms with Gasteiger partial charge in [-0.2, -0.15) is 0 Å². The Morgan fingerprint density at radius 3 is 2.23 bits per heavy atom. The van der Waals surface area contributed by atoms with Crippen molar-refractivity contribution in [3.63, 3.8) is 0 Å². The van der Waals surface area contributed by atoms with Crippen molar-refractivity contribution in [2.45, 2.75) is 12.8 Å². The van der Waals surface area contributed by atoms with Gasteiger partial charge < -0.3 is 9.64 Å². The average Bonchev–Trinajstić information content (AvgIpc) is 2.58. The number of para-hydroxylation sites is 1. The third-order valence-electron chi connectivity index (χ3n) is 4.38. The van der Waals surface area contributed by atoms with Gasteiger partial charge in [-0.15, -0.1) is 0 Å². The molecule has 1 aliphatic rings. The minimum atomic E-state index is 0.952. The minimum absolute atomic E-state index is 0.952. The summed E-state index contributed by atoms with van der Waals surface area (Å²) in [6.45, 7) is 2.25. The molecule has 2 aromatic carbocycles. The molecule has 22 heavy (non-hydrogen) atoms. The molecule has 1 saturated heterocycles. The molecule has 0 bridgehead atoms. The molecule has 1 aliphatic heterocycles. The molecule has 0 aromatic heterocycles. The second-order valence-corrected chi connectivity index (χ2v) is 5.85. The smallest absolute Gasteiger partial charge is 0.126 e. The van der Waals surface area contributed by atoms with E-state index in [1.807, 2.05) is 12.1 Å². The maximum Gasteiger partial charge on any atom is 0.126 e. The third-order valence-corrected chi connectivity index (χ3v) is 4.38. The molecule has 1 heterocycles. The van der Waals surface area contributed by atoms with E-state index in [1.165, 1.54) is 22.3 Å². The van der Waals surface area contributed by atoms with Gasteiger partial charge in [0.25, 0.3) is 0 Å². The van der Waals surface area contributed by atoms with Crippen LogP contribution in [0.15, 0.2) is 60.2 Å².